The van der Waals surface area contributed by atoms with Crippen LogP contribution >= 0.6 is 22.9 Å². The molecule has 0 saturated heterocycles. The highest BCUT2D eigenvalue weighted by Crippen LogP contribution is 2.31. The highest BCUT2D eigenvalue weighted by Gasteiger charge is 2.09. The Hall–Kier alpha value is -1.20. The summed E-state index contributed by atoms with van der Waals surface area (Å²) in [5, 5.41) is 8.70. The fourth-order valence-electron chi connectivity index (χ4n) is 1.00. The first-order valence-electron chi connectivity index (χ1n) is 3.71. The van der Waals surface area contributed by atoms with Crippen molar-refractivity contribution in [2.24, 2.45) is 0 Å². The first-order valence-corrected chi connectivity index (χ1v) is 4.90. The number of hydrogen-bond donors (Lipinski definition) is 1. The summed E-state index contributed by atoms with van der Waals surface area (Å²) in [6.45, 7) is 0. The molecule has 1 aromatic carbocycles. The Balaban J connectivity index is 2.55. The number of hydrogen-bond acceptors (Lipinski definition) is 4. The minimum absolute atomic E-state index is 0.334. The molecule has 2 rings (SSSR count). The summed E-state index contributed by atoms with van der Waals surface area (Å²) >= 11 is 7.04. The number of nitrogens with zero attached hydrogens (tertiary/aromatic N) is 2. The number of aromatic nitrogens is 2. The number of nitrogens with two attached hydrogens (primary N) is 1. The van der Waals surface area contributed by atoms with Crippen LogP contribution < -0.4 is 5.73 Å². The Bertz CT molecular complexity index is 471. The van der Waals surface area contributed by atoms with Crippen molar-refractivity contribution >= 4 is 28.1 Å². The Labute approximate surface area is 88.3 Å². The monoisotopic (exact) mass is 229 g/mol. The van der Waals surface area contributed by atoms with Crippen LogP contribution in [0.3, 0.4) is 0 Å². The van der Waals surface area contributed by atoms with Gasteiger partial charge in [-0.2, -0.15) is 0 Å². The highest BCUT2D eigenvalue weighted by molar-refractivity contribution is 7.18. The Kier molecular flexibility index (Phi) is 2.35. The predicted octanol–water partition coefficient (Wildman–Crippen LogP) is 2.58. The molecule has 0 bridgehead atoms. The van der Waals surface area contributed by atoms with Crippen molar-refractivity contribution < 1.29 is 4.39 Å². The quantitative estimate of drug-likeness (QED) is 0.818. The van der Waals surface area contributed by atoms with E-state index in [0.717, 1.165) is 0 Å². The third-order valence-electron chi connectivity index (χ3n) is 1.60. The molecule has 0 aliphatic heterocycles. The van der Waals surface area contributed by atoms with E-state index in [2.05, 4.69) is 10.2 Å². The molecule has 0 radical (unpaired) electrons. The normalized spacial score (nSPS) is 10.4. The zero-order valence-corrected chi connectivity index (χ0v) is 8.44. The molecule has 2 aromatic rings. The summed E-state index contributed by atoms with van der Waals surface area (Å²) in [6.07, 6.45) is 0. The van der Waals surface area contributed by atoms with Crippen LogP contribution in [0.4, 0.5) is 9.52 Å². The van der Waals surface area contributed by atoms with Gasteiger partial charge in [0.05, 0.1) is 5.02 Å². The minimum atomic E-state index is -0.363. The van der Waals surface area contributed by atoms with Crippen LogP contribution in [0.25, 0.3) is 10.6 Å². The van der Waals surface area contributed by atoms with E-state index in [9.17, 15) is 4.39 Å². The van der Waals surface area contributed by atoms with Gasteiger partial charge in [-0.25, -0.2) is 4.39 Å². The average Bonchev–Trinajstić information content (AvgIpc) is 2.56. The predicted molar refractivity (Wildman–Crippen MR) is 54.7 cm³/mol. The maximum Gasteiger partial charge on any atom is 0.203 e. The molecule has 2 N–H and O–H groups in total. The first-order chi connectivity index (χ1) is 6.66. The van der Waals surface area contributed by atoms with Gasteiger partial charge < -0.3 is 5.73 Å². The zero-order chi connectivity index (χ0) is 10.1. The molecule has 0 fully saturated rings. The summed E-state index contributed by atoms with van der Waals surface area (Å²) in [4.78, 5) is 0. The zero-order valence-electron chi connectivity index (χ0n) is 6.87. The number of rotatable bonds is 1. The lowest BCUT2D eigenvalue weighted by Crippen LogP contribution is -1.82. The molecule has 0 saturated carbocycles. The molecule has 14 heavy (non-hydrogen) atoms. The highest BCUT2D eigenvalue weighted by atomic mass is 35.5. The van der Waals surface area contributed by atoms with Gasteiger partial charge in [-0.3, -0.25) is 0 Å². The fraction of sp³-hybridized carbons (Fsp3) is 0. The second-order valence-corrected chi connectivity index (χ2v) is 3.99. The third kappa shape index (κ3) is 1.69. The van der Waals surface area contributed by atoms with E-state index in [-0.39, 0.29) is 5.82 Å². The van der Waals surface area contributed by atoms with Gasteiger partial charge in [0.25, 0.3) is 0 Å². The van der Waals surface area contributed by atoms with E-state index >= 15 is 0 Å². The van der Waals surface area contributed by atoms with Crippen molar-refractivity contribution in [3.05, 3.63) is 29.0 Å². The molecule has 6 heteroatoms. The Morgan fingerprint density at radius 1 is 1.36 bits per heavy atom. The fourth-order valence-corrected chi connectivity index (χ4v) is 1.91. The van der Waals surface area contributed by atoms with Crippen LogP contribution in [0.1, 0.15) is 0 Å². The molecule has 0 atom stereocenters. The van der Waals surface area contributed by atoms with E-state index in [0.29, 0.717) is 20.7 Å². The van der Waals surface area contributed by atoms with Gasteiger partial charge in [-0.1, -0.05) is 22.9 Å². The second-order valence-electron chi connectivity index (χ2n) is 2.57. The van der Waals surface area contributed by atoms with Crippen molar-refractivity contribution in [3.63, 3.8) is 0 Å². The van der Waals surface area contributed by atoms with Crippen LogP contribution in [0.2, 0.25) is 5.02 Å². The Morgan fingerprint density at radius 3 is 2.79 bits per heavy atom. The minimum Gasteiger partial charge on any atom is -0.374 e. The van der Waals surface area contributed by atoms with Crippen LogP contribution in [0.15, 0.2) is 18.2 Å². The van der Waals surface area contributed by atoms with Crippen LogP contribution in [-0.4, -0.2) is 10.2 Å². The average molecular weight is 230 g/mol. The largest absolute Gasteiger partial charge is 0.374 e. The van der Waals surface area contributed by atoms with Gasteiger partial charge in [0.2, 0.25) is 5.13 Å². The number of nitrogen functional groups attached to an aromatic ring is 1. The molecule has 0 aliphatic rings. The second kappa shape index (κ2) is 3.51. The molecule has 1 aromatic heterocycles. The SMILES string of the molecule is Nc1nnc(-c2cc(F)ccc2Cl)s1. The molecule has 0 unspecified atom stereocenters. The topological polar surface area (TPSA) is 51.8 Å². The molecule has 0 spiro atoms. The van der Waals surface area contributed by atoms with Crippen molar-refractivity contribution in [1.29, 1.82) is 0 Å². The van der Waals surface area contributed by atoms with Crippen molar-refractivity contribution in [2.45, 2.75) is 0 Å². The summed E-state index contributed by atoms with van der Waals surface area (Å²) in [7, 11) is 0. The van der Waals surface area contributed by atoms with Gasteiger partial charge in [-0.05, 0) is 18.2 Å². The number of benzene rings is 1. The third-order valence-corrected chi connectivity index (χ3v) is 2.71. The van der Waals surface area contributed by atoms with Gasteiger partial charge in [0.15, 0.2) is 5.01 Å². The van der Waals surface area contributed by atoms with Crippen LogP contribution in [0, 0.1) is 5.82 Å². The lowest BCUT2D eigenvalue weighted by atomic mass is 10.2. The lowest BCUT2D eigenvalue weighted by Gasteiger charge is -1.98. The molecule has 3 nitrogen and oxygen atoms in total. The smallest absolute Gasteiger partial charge is 0.203 e. The molecular weight excluding hydrogens is 225 g/mol. The molecule has 1 heterocycles. The van der Waals surface area contributed by atoms with Crippen LogP contribution in [-0.2, 0) is 0 Å². The maximum absolute atomic E-state index is 12.9. The molecular formula is C8H5ClFN3S. The summed E-state index contributed by atoms with van der Waals surface area (Å²) in [6, 6.07) is 4.07. The molecule has 72 valence electrons. The molecule has 0 amide bonds. The van der Waals surface area contributed by atoms with E-state index in [1.807, 2.05) is 0 Å². The standard InChI is InChI=1S/C8H5ClFN3S/c9-6-2-1-4(10)3-5(6)7-12-13-8(11)14-7/h1-3H,(H2,11,13). The van der Waals surface area contributed by atoms with E-state index < -0.39 is 0 Å². The Morgan fingerprint density at radius 2 is 2.14 bits per heavy atom. The van der Waals surface area contributed by atoms with Crippen molar-refractivity contribution in [2.75, 3.05) is 5.73 Å². The number of anilines is 1. The van der Waals surface area contributed by atoms with Crippen molar-refractivity contribution in [3.8, 4) is 10.6 Å². The van der Waals surface area contributed by atoms with Crippen molar-refractivity contribution in [1.82, 2.24) is 10.2 Å². The summed E-state index contributed by atoms with van der Waals surface area (Å²) < 4.78 is 12.9. The summed E-state index contributed by atoms with van der Waals surface area (Å²) in [5.74, 6) is -0.363. The maximum atomic E-state index is 12.9. The van der Waals surface area contributed by atoms with E-state index in [4.69, 9.17) is 17.3 Å². The lowest BCUT2D eigenvalue weighted by molar-refractivity contribution is 0.628. The first kappa shape index (κ1) is 9.36. The summed E-state index contributed by atoms with van der Waals surface area (Å²) in [5.41, 5.74) is 5.93. The van der Waals surface area contributed by atoms with Gasteiger partial charge in [0.1, 0.15) is 5.82 Å². The number of halogens is 2. The van der Waals surface area contributed by atoms with E-state index in [1.54, 1.807) is 0 Å². The van der Waals surface area contributed by atoms with E-state index in [1.165, 1.54) is 29.5 Å². The van der Waals surface area contributed by atoms with Gasteiger partial charge in [-0.15, -0.1) is 10.2 Å². The van der Waals surface area contributed by atoms with Crippen LogP contribution in [0.5, 0.6) is 0 Å². The van der Waals surface area contributed by atoms with Gasteiger partial charge in [0, 0.05) is 5.56 Å². The van der Waals surface area contributed by atoms with Gasteiger partial charge >= 0.3 is 0 Å². The molecule has 0 aliphatic carbocycles.